The number of amides is 2. The summed E-state index contributed by atoms with van der Waals surface area (Å²) in [6.45, 7) is 6.42. The summed E-state index contributed by atoms with van der Waals surface area (Å²) in [6.07, 6.45) is 2.64. The molecule has 2 rings (SSSR count). The minimum Gasteiger partial charge on any atom is -0.468 e. The van der Waals surface area contributed by atoms with Gasteiger partial charge in [0.2, 0.25) is 5.91 Å². The van der Waals surface area contributed by atoms with Gasteiger partial charge in [-0.05, 0) is 59.8 Å². The molecule has 7 heteroatoms. The Morgan fingerprint density at radius 3 is 2.72 bits per heavy atom. The highest BCUT2D eigenvalue weighted by molar-refractivity contribution is 5.86. The fraction of sp³-hybridized carbons (Fsp3) is 0.667. The third-order valence-corrected chi connectivity index (χ3v) is 4.15. The molecule has 7 nitrogen and oxygen atoms in total. The molecule has 1 saturated heterocycles. The van der Waals surface area contributed by atoms with E-state index in [2.05, 4.69) is 5.32 Å². The third-order valence-electron chi connectivity index (χ3n) is 4.15. The van der Waals surface area contributed by atoms with Crippen LogP contribution in [0.25, 0.3) is 0 Å². The number of hydrogen-bond acceptors (Lipinski definition) is 5. The molecule has 0 saturated carbocycles. The average Bonchev–Trinajstić information content (AvgIpc) is 3.16. The Bertz CT molecular complexity index is 578. The summed E-state index contributed by atoms with van der Waals surface area (Å²) in [6, 6.07) is 3.18. The van der Waals surface area contributed by atoms with Crippen LogP contribution in [0.5, 0.6) is 0 Å². The second kappa shape index (κ2) is 7.91. The Kier molecular flexibility index (Phi) is 6.11. The SMILES string of the molecule is CN(C)C(CNC(=O)C1CCCN1C(=O)OC(C)(C)C)c1ccco1. The zero-order chi connectivity index (χ0) is 18.6. The Balaban J connectivity index is 1.96. The molecule has 1 aliphatic rings. The molecule has 0 spiro atoms. The van der Waals surface area contributed by atoms with Gasteiger partial charge in [0.25, 0.3) is 0 Å². The van der Waals surface area contributed by atoms with E-state index in [4.69, 9.17) is 9.15 Å². The van der Waals surface area contributed by atoms with Crippen molar-refractivity contribution >= 4 is 12.0 Å². The number of rotatable bonds is 5. The topological polar surface area (TPSA) is 75.0 Å². The summed E-state index contributed by atoms with van der Waals surface area (Å²) in [5, 5.41) is 2.95. The van der Waals surface area contributed by atoms with Crippen molar-refractivity contribution in [3.8, 4) is 0 Å². The van der Waals surface area contributed by atoms with Gasteiger partial charge in [-0.15, -0.1) is 0 Å². The predicted molar refractivity (Wildman–Crippen MR) is 94.1 cm³/mol. The highest BCUT2D eigenvalue weighted by Gasteiger charge is 2.36. The minimum atomic E-state index is -0.573. The molecule has 2 unspecified atom stereocenters. The van der Waals surface area contributed by atoms with Gasteiger partial charge in [0, 0.05) is 13.1 Å². The van der Waals surface area contributed by atoms with Gasteiger partial charge in [0.15, 0.2) is 0 Å². The van der Waals surface area contributed by atoms with E-state index < -0.39 is 17.7 Å². The van der Waals surface area contributed by atoms with Crippen molar-refractivity contribution in [2.24, 2.45) is 0 Å². The van der Waals surface area contributed by atoms with Crippen LogP contribution < -0.4 is 5.32 Å². The van der Waals surface area contributed by atoms with E-state index in [1.807, 2.05) is 51.9 Å². The lowest BCUT2D eigenvalue weighted by Crippen LogP contribution is -2.48. The highest BCUT2D eigenvalue weighted by Crippen LogP contribution is 2.22. The summed E-state index contributed by atoms with van der Waals surface area (Å²) in [5.74, 6) is 0.641. The van der Waals surface area contributed by atoms with Crippen molar-refractivity contribution in [3.05, 3.63) is 24.2 Å². The van der Waals surface area contributed by atoms with Crippen molar-refractivity contribution in [3.63, 3.8) is 0 Å². The minimum absolute atomic E-state index is 0.0599. The van der Waals surface area contributed by atoms with Crippen LogP contribution in [-0.2, 0) is 9.53 Å². The molecule has 1 aromatic rings. The van der Waals surface area contributed by atoms with E-state index in [9.17, 15) is 9.59 Å². The van der Waals surface area contributed by atoms with Crippen LogP contribution in [-0.4, -0.2) is 60.6 Å². The van der Waals surface area contributed by atoms with Crippen LogP contribution in [0.3, 0.4) is 0 Å². The van der Waals surface area contributed by atoms with Gasteiger partial charge in [-0.3, -0.25) is 14.6 Å². The number of likely N-dealkylation sites (tertiary alicyclic amines) is 1. The first-order valence-electron chi connectivity index (χ1n) is 8.66. The van der Waals surface area contributed by atoms with Crippen LogP contribution in [0.4, 0.5) is 4.79 Å². The van der Waals surface area contributed by atoms with Crippen LogP contribution in [0, 0.1) is 0 Å². The van der Waals surface area contributed by atoms with Crippen molar-refractivity contribution in [1.82, 2.24) is 15.1 Å². The Labute approximate surface area is 149 Å². The monoisotopic (exact) mass is 351 g/mol. The molecule has 1 aromatic heterocycles. The molecule has 1 aliphatic heterocycles. The second-order valence-electron chi connectivity index (χ2n) is 7.57. The molecule has 1 N–H and O–H groups in total. The summed E-state index contributed by atoms with van der Waals surface area (Å²) < 4.78 is 10.9. The highest BCUT2D eigenvalue weighted by atomic mass is 16.6. The van der Waals surface area contributed by atoms with Gasteiger partial charge in [-0.2, -0.15) is 0 Å². The van der Waals surface area contributed by atoms with E-state index in [0.717, 1.165) is 12.2 Å². The molecule has 0 radical (unpaired) electrons. The normalized spacial score (nSPS) is 19.1. The van der Waals surface area contributed by atoms with Gasteiger partial charge in [-0.1, -0.05) is 0 Å². The lowest BCUT2D eigenvalue weighted by Gasteiger charge is -2.29. The first-order chi connectivity index (χ1) is 11.7. The largest absolute Gasteiger partial charge is 0.468 e. The quantitative estimate of drug-likeness (QED) is 0.882. The number of nitrogens with zero attached hydrogens (tertiary/aromatic N) is 2. The summed E-state index contributed by atoms with van der Waals surface area (Å²) in [4.78, 5) is 28.4. The van der Waals surface area contributed by atoms with Gasteiger partial charge in [-0.25, -0.2) is 4.79 Å². The molecule has 2 heterocycles. The van der Waals surface area contributed by atoms with E-state index in [0.29, 0.717) is 19.5 Å². The number of likely N-dealkylation sites (N-methyl/N-ethyl adjacent to an activating group) is 1. The lowest BCUT2D eigenvalue weighted by atomic mass is 10.1. The van der Waals surface area contributed by atoms with Gasteiger partial charge >= 0.3 is 6.09 Å². The lowest BCUT2D eigenvalue weighted by molar-refractivity contribution is -0.125. The number of furan rings is 1. The molecule has 0 bridgehead atoms. The molecule has 0 aromatic carbocycles. The smallest absolute Gasteiger partial charge is 0.410 e. The molecule has 25 heavy (non-hydrogen) atoms. The molecule has 0 aliphatic carbocycles. The Morgan fingerprint density at radius 1 is 1.44 bits per heavy atom. The number of hydrogen-bond donors (Lipinski definition) is 1. The molecular weight excluding hydrogens is 322 g/mol. The second-order valence-corrected chi connectivity index (χ2v) is 7.57. The van der Waals surface area contributed by atoms with Crippen molar-refractivity contribution < 1.29 is 18.7 Å². The number of ether oxygens (including phenoxy) is 1. The van der Waals surface area contributed by atoms with Gasteiger partial charge in [0.1, 0.15) is 17.4 Å². The van der Waals surface area contributed by atoms with Crippen LogP contribution >= 0.6 is 0 Å². The number of carbonyl (C=O) groups is 2. The van der Waals surface area contributed by atoms with Gasteiger partial charge in [0.05, 0.1) is 12.3 Å². The van der Waals surface area contributed by atoms with Gasteiger partial charge < -0.3 is 14.5 Å². The molecule has 140 valence electrons. The Hall–Kier alpha value is -2.02. The molecule has 2 amide bonds. The van der Waals surface area contributed by atoms with E-state index >= 15 is 0 Å². The van der Waals surface area contributed by atoms with E-state index in [1.54, 1.807) is 6.26 Å². The third kappa shape index (κ3) is 5.22. The summed E-state index contributed by atoms with van der Waals surface area (Å²) in [5.41, 5.74) is -0.573. The summed E-state index contributed by atoms with van der Waals surface area (Å²) >= 11 is 0. The van der Waals surface area contributed by atoms with Crippen molar-refractivity contribution in [1.29, 1.82) is 0 Å². The zero-order valence-electron chi connectivity index (χ0n) is 15.7. The molecular formula is C18H29N3O4. The molecule has 1 fully saturated rings. The van der Waals surface area contributed by atoms with E-state index in [-0.39, 0.29) is 11.9 Å². The predicted octanol–water partition coefficient (Wildman–Crippen LogP) is 2.40. The maximum Gasteiger partial charge on any atom is 0.410 e. The standard InChI is InChI=1S/C18H29N3O4/c1-18(2,3)25-17(23)21-10-6-8-13(21)16(22)19-12-14(20(4)5)15-9-7-11-24-15/h7,9,11,13-14H,6,8,10,12H2,1-5H3,(H,19,22). The number of nitrogens with one attached hydrogen (secondary N) is 1. The first-order valence-corrected chi connectivity index (χ1v) is 8.66. The Morgan fingerprint density at radius 2 is 2.16 bits per heavy atom. The van der Waals surface area contributed by atoms with Crippen LogP contribution in [0.2, 0.25) is 0 Å². The first kappa shape index (κ1) is 19.3. The van der Waals surface area contributed by atoms with E-state index in [1.165, 1.54) is 4.90 Å². The maximum atomic E-state index is 12.6. The van der Waals surface area contributed by atoms with Crippen molar-refractivity contribution in [2.45, 2.75) is 51.3 Å². The van der Waals surface area contributed by atoms with Crippen LogP contribution in [0.1, 0.15) is 45.4 Å². The van der Waals surface area contributed by atoms with Crippen molar-refractivity contribution in [2.75, 3.05) is 27.2 Å². The number of carbonyl (C=O) groups excluding carboxylic acids is 2. The summed E-state index contributed by atoms with van der Waals surface area (Å²) in [7, 11) is 3.86. The fourth-order valence-corrected chi connectivity index (χ4v) is 2.91. The average molecular weight is 351 g/mol. The fourth-order valence-electron chi connectivity index (χ4n) is 2.91. The van der Waals surface area contributed by atoms with Crippen LogP contribution in [0.15, 0.2) is 22.8 Å². The maximum absolute atomic E-state index is 12.6. The molecule has 2 atom stereocenters. The zero-order valence-corrected chi connectivity index (χ0v) is 15.7.